The molecule has 4 rings (SSSR count). The number of hydrogen-bond acceptors (Lipinski definition) is 9. The average molecular weight is 361 g/mol. The van der Waals surface area contributed by atoms with E-state index in [0.717, 1.165) is 0 Å². The van der Waals surface area contributed by atoms with Gasteiger partial charge in [-0.05, 0) is 12.1 Å². The molecule has 11 nitrogen and oxygen atoms in total. The summed E-state index contributed by atoms with van der Waals surface area (Å²) >= 11 is 0. The number of hydrazine groups is 2. The third kappa shape index (κ3) is 2.36. The van der Waals surface area contributed by atoms with E-state index in [1.165, 1.54) is 21.3 Å². The van der Waals surface area contributed by atoms with Crippen LogP contribution in [0.1, 0.15) is 5.76 Å². The van der Waals surface area contributed by atoms with Crippen molar-refractivity contribution in [1.29, 1.82) is 0 Å². The van der Waals surface area contributed by atoms with Gasteiger partial charge in [0.25, 0.3) is 0 Å². The van der Waals surface area contributed by atoms with E-state index in [4.69, 9.17) is 15.0 Å². The van der Waals surface area contributed by atoms with Gasteiger partial charge in [-0.25, -0.2) is 35.6 Å². The largest absolute Gasteiger partial charge is 0.463 e. The standard InChI is InChI=1S/C15H19N7O4/c1-25-8-5-21-15(24)19(4-6-23)14-18-13-12(22(14)21)11(17-9-20(13)16)10-3-2-7-26-10/h2-3,7,9,14,23H,4-6,8,16H2,1H3. The van der Waals surface area contributed by atoms with Gasteiger partial charge in [-0.3, -0.25) is 4.90 Å². The molecule has 26 heavy (non-hydrogen) atoms. The van der Waals surface area contributed by atoms with Crippen molar-refractivity contribution in [2.75, 3.05) is 33.4 Å². The van der Waals surface area contributed by atoms with Gasteiger partial charge in [-0.1, -0.05) is 0 Å². The van der Waals surface area contributed by atoms with Crippen molar-refractivity contribution in [3.63, 3.8) is 0 Å². The molecule has 11 heteroatoms. The second kappa shape index (κ2) is 6.44. The number of nitrogens with zero attached hydrogens (tertiary/aromatic N) is 6. The lowest BCUT2D eigenvalue weighted by atomic mass is 10.2. The lowest BCUT2D eigenvalue weighted by molar-refractivity contribution is 0.0398. The van der Waals surface area contributed by atoms with Gasteiger partial charge in [0.2, 0.25) is 6.29 Å². The molecule has 0 aliphatic carbocycles. The fourth-order valence-corrected chi connectivity index (χ4v) is 3.16. The number of ether oxygens (including phenoxy) is 1. The number of carbonyl (C=O) groups excluding carboxylic acids is 1. The van der Waals surface area contributed by atoms with Gasteiger partial charge in [0, 0.05) is 13.7 Å². The number of amides is 2. The molecule has 0 bridgehead atoms. The van der Waals surface area contributed by atoms with Gasteiger partial charge in [-0.2, -0.15) is 0 Å². The monoisotopic (exact) mass is 361 g/mol. The topological polar surface area (TPSA) is 123 Å². The molecule has 0 radical (unpaired) electrons. The molecule has 1 aromatic heterocycles. The molecule has 3 aliphatic heterocycles. The number of rotatable bonds is 6. The first kappa shape index (κ1) is 16.6. The predicted octanol–water partition coefficient (Wildman–Crippen LogP) is -0.545. The number of aliphatic hydroxyl groups is 1. The third-order valence-electron chi connectivity index (χ3n) is 4.29. The van der Waals surface area contributed by atoms with Gasteiger partial charge in [0.05, 0.1) is 26.0 Å². The van der Waals surface area contributed by atoms with E-state index in [1.54, 1.807) is 30.5 Å². The minimum atomic E-state index is -0.644. The van der Waals surface area contributed by atoms with Crippen LogP contribution in [-0.4, -0.2) is 82.9 Å². The molecule has 0 saturated carbocycles. The number of aliphatic imine (C=N–C) groups is 2. The number of aliphatic hydroxyl groups excluding tert-OH is 1. The van der Waals surface area contributed by atoms with Crippen LogP contribution in [0.3, 0.4) is 0 Å². The van der Waals surface area contributed by atoms with Gasteiger partial charge in [-0.15, -0.1) is 0 Å². The second-order valence-electron chi connectivity index (χ2n) is 5.79. The highest BCUT2D eigenvalue weighted by atomic mass is 16.5. The second-order valence-corrected chi connectivity index (χ2v) is 5.79. The van der Waals surface area contributed by atoms with Crippen molar-refractivity contribution in [3.05, 3.63) is 29.9 Å². The summed E-state index contributed by atoms with van der Waals surface area (Å²) in [5.41, 5.74) is 1.10. The quantitative estimate of drug-likeness (QED) is 0.652. The molecule has 0 spiro atoms. The third-order valence-corrected chi connectivity index (χ3v) is 4.29. The van der Waals surface area contributed by atoms with E-state index in [-0.39, 0.29) is 19.2 Å². The number of hydrogen-bond donors (Lipinski definition) is 2. The first-order valence-electron chi connectivity index (χ1n) is 8.09. The maximum atomic E-state index is 12.8. The first-order chi connectivity index (χ1) is 12.7. The summed E-state index contributed by atoms with van der Waals surface area (Å²) in [5, 5.41) is 13.9. The molecular weight excluding hydrogens is 342 g/mol. The lowest BCUT2D eigenvalue weighted by Crippen LogP contribution is -2.46. The number of β-amino-alcohol motifs (C(OH)–C–C–N with tert-alkyl or cyclic N) is 1. The molecule has 1 atom stereocenters. The number of fused-ring (bicyclic) bond motifs is 3. The van der Waals surface area contributed by atoms with Crippen molar-refractivity contribution in [2.24, 2.45) is 15.8 Å². The Morgan fingerprint density at radius 1 is 1.42 bits per heavy atom. The SMILES string of the molecule is COCCN1C(=O)N(CCO)C2N=C3C(=C(c4ccco4)N=CN3N)N21. The van der Waals surface area contributed by atoms with E-state index in [2.05, 4.69) is 9.98 Å². The van der Waals surface area contributed by atoms with Crippen LogP contribution in [0.2, 0.25) is 0 Å². The summed E-state index contributed by atoms with van der Waals surface area (Å²) in [6.07, 6.45) is 2.35. The van der Waals surface area contributed by atoms with E-state index in [0.29, 0.717) is 36.1 Å². The van der Waals surface area contributed by atoms with Crippen molar-refractivity contribution in [3.8, 4) is 0 Å². The first-order valence-corrected chi connectivity index (χ1v) is 8.09. The summed E-state index contributed by atoms with van der Waals surface area (Å²) < 4.78 is 10.6. The highest BCUT2D eigenvalue weighted by Crippen LogP contribution is 2.38. The van der Waals surface area contributed by atoms with Gasteiger partial charge in [0.15, 0.2) is 11.6 Å². The molecule has 1 saturated heterocycles. The summed E-state index contributed by atoms with van der Waals surface area (Å²) in [6, 6.07) is 3.26. The van der Waals surface area contributed by atoms with Crippen LogP contribution in [0.5, 0.6) is 0 Å². The van der Waals surface area contributed by atoms with Gasteiger partial charge in [0.1, 0.15) is 17.7 Å². The number of methoxy groups -OCH3 is 1. The van der Waals surface area contributed by atoms with Crippen LogP contribution < -0.4 is 5.84 Å². The Labute approximate surface area is 149 Å². The molecule has 2 amide bonds. The van der Waals surface area contributed by atoms with Crippen LogP contribution >= 0.6 is 0 Å². The average Bonchev–Trinajstić information content (AvgIpc) is 3.33. The molecule has 4 heterocycles. The fraction of sp³-hybridized carbons (Fsp3) is 0.400. The summed E-state index contributed by atoms with van der Waals surface area (Å²) in [6.45, 7) is 0.636. The lowest BCUT2D eigenvalue weighted by Gasteiger charge is -2.30. The number of urea groups is 1. The Bertz CT molecular complexity index is 788. The van der Waals surface area contributed by atoms with Crippen molar-refractivity contribution in [2.45, 2.75) is 6.29 Å². The Hall–Kier alpha value is -2.89. The molecule has 3 aliphatic rings. The fourth-order valence-electron chi connectivity index (χ4n) is 3.16. The normalized spacial score (nSPS) is 21.7. The molecule has 1 unspecified atom stereocenters. The summed E-state index contributed by atoms with van der Waals surface area (Å²) in [5.74, 6) is 7.01. The molecule has 138 valence electrons. The molecule has 1 fully saturated rings. The number of amidine groups is 1. The molecule has 3 N–H and O–H groups in total. The zero-order chi connectivity index (χ0) is 18.3. The zero-order valence-corrected chi connectivity index (χ0v) is 14.1. The molecule has 0 aromatic carbocycles. The number of nitrogens with two attached hydrogens (primary N) is 1. The Balaban J connectivity index is 1.82. The highest BCUT2D eigenvalue weighted by molar-refractivity contribution is 6.12. The Morgan fingerprint density at radius 3 is 2.96 bits per heavy atom. The number of furan rings is 1. The predicted molar refractivity (Wildman–Crippen MR) is 91.0 cm³/mol. The van der Waals surface area contributed by atoms with Crippen LogP contribution in [0.15, 0.2) is 38.5 Å². The van der Waals surface area contributed by atoms with E-state index in [9.17, 15) is 9.90 Å². The van der Waals surface area contributed by atoms with Crippen LogP contribution in [0.25, 0.3) is 5.70 Å². The Kier molecular flexibility index (Phi) is 4.11. The van der Waals surface area contributed by atoms with Crippen LogP contribution in [0, 0.1) is 0 Å². The van der Waals surface area contributed by atoms with Gasteiger partial charge >= 0.3 is 6.03 Å². The zero-order valence-electron chi connectivity index (χ0n) is 14.1. The molecular formula is C15H19N7O4. The van der Waals surface area contributed by atoms with Crippen LogP contribution in [-0.2, 0) is 4.74 Å². The minimum absolute atomic E-state index is 0.148. The minimum Gasteiger partial charge on any atom is -0.463 e. The summed E-state index contributed by atoms with van der Waals surface area (Å²) in [4.78, 5) is 23.2. The van der Waals surface area contributed by atoms with Gasteiger partial charge < -0.3 is 14.3 Å². The van der Waals surface area contributed by atoms with E-state index in [1.807, 2.05) is 0 Å². The van der Waals surface area contributed by atoms with E-state index >= 15 is 0 Å². The van der Waals surface area contributed by atoms with Crippen LogP contribution in [0.4, 0.5) is 4.79 Å². The summed E-state index contributed by atoms with van der Waals surface area (Å²) in [7, 11) is 1.56. The van der Waals surface area contributed by atoms with E-state index < -0.39 is 6.29 Å². The maximum Gasteiger partial charge on any atom is 0.342 e. The van der Waals surface area contributed by atoms with Crippen molar-refractivity contribution < 1.29 is 19.1 Å². The smallest absolute Gasteiger partial charge is 0.342 e. The maximum absolute atomic E-state index is 12.8. The van der Waals surface area contributed by atoms with Crippen molar-refractivity contribution >= 4 is 23.9 Å². The highest BCUT2D eigenvalue weighted by Gasteiger charge is 2.52. The van der Waals surface area contributed by atoms with Crippen molar-refractivity contribution in [1.82, 2.24) is 19.9 Å². The molecule has 1 aromatic rings. The number of carbonyl (C=O) groups is 1. The Morgan fingerprint density at radius 2 is 2.27 bits per heavy atom.